The van der Waals surface area contributed by atoms with Crippen LogP contribution in [0.1, 0.15) is 31.0 Å². The van der Waals surface area contributed by atoms with Crippen LogP contribution >= 0.6 is 24.0 Å². The van der Waals surface area contributed by atoms with Crippen LogP contribution in [-0.2, 0) is 13.6 Å². The molecule has 0 aliphatic carbocycles. The van der Waals surface area contributed by atoms with Gasteiger partial charge < -0.3 is 15.0 Å². The maximum atomic E-state index is 5.70. The second kappa shape index (κ2) is 11.1. The van der Waals surface area contributed by atoms with E-state index in [0.29, 0.717) is 19.1 Å². The Balaban J connectivity index is 0.00000338. The molecule has 0 saturated heterocycles. The highest BCUT2D eigenvalue weighted by Crippen LogP contribution is 2.18. The van der Waals surface area contributed by atoms with Crippen LogP contribution in [0, 0.1) is 0 Å². The van der Waals surface area contributed by atoms with Crippen LogP contribution < -0.4 is 10.1 Å². The lowest BCUT2D eigenvalue weighted by Crippen LogP contribution is -2.40. The van der Waals surface area contributed by atoms with Gasteiger partial charge in [0.05, 0.1) is 12.2 Å². The highest BCUT2D eigenvalue weighted by Gasteiger charge is 2.14. The number of guanidine groups is 1. The van der Waals surface area contributed by atoms with E-state index in [1.54, 1.807) is 7.05 Å². The molecule has 7 heteroatoms. The summed E-state index contributed by atoms with van der Waals surface area (Å²) in [6, 6.07) is 9.82. The van der Waals surface area contributed by atoms with Gasteiger partial charge in [0.2, 0.25) is 0 Å². The minimum Gasteiger partial charge on any atom is -0.492 e. The number of rotatable bonds is 7. The molecule has 1 aromatic carbocycles. The second-order valence-electron chi connectivity index (χ2n) is 6.36. The minimum atomic E-state index is 0. The Labute approximate surface area is 173 Å². The molecule has 2 rings (SSSR count). The van der Waals surface area contributed by atoms with Crippen LogP contribution in [0.3, 0.4) is 0 Å². The summed E-state index contributed by atoms with van der Waals surface area (Å²) in [5, 5.41) is 7.91. The number of halogens is 1. The maximum Gasteiger partial charge on any atom is 0.193 e. The fourth-order valence-corrected chi connectivity index (χ4v) is 2.73. The summed E-state index contributed by atoms with van der Waals surface area (Å²) in [5.74, 6) is 2.12. The smallest absolute Gasteiger partial charge is 0.193 e. The normalized spacial score (nSPS) is 11.2. The molecule has 26 heavy (non-hydrogen) atoms. The molecule has 1 aromatic heterocycles. The molecule has 0 atom stereocenters. The first-order valence-corrected chi connectivity index (χ1v) is 8.63. The third-order valence-electron chi connectivity index (χ3n) is 3.86. The Bertz CT molecular complexity index is 684. The third-order valence-corrected chi connectivity index (χ3v) is 3.86. The third kappa shape index (κ3) is 6.51. The van der Waals surface area contributed by atoms with Gasteiger partial charge in [-0.2, -0.15) is 5.10 Å². The van der Waals surface area contributed by atoms with Crippen LogP contribution in [0.2, 0.25) is 0 Å². The number of ether oxygens (including phenoxy) is 1. The van der Waals surface area contributed by atoms with Gasteiger partial charge in [-0.3, -0.25) is 9.67 Å². The number of aromatic nitrogens is 2. The van der Waals surface area contributed by atoms with Gasteiger partial charge in [0.15, 0.2) is 5.96 Å². The number of hydrogen-bond acceptors (Lipinski definition) is 3. The van der Waals surface area contributed by atoms with Crippen molar-refractivity contribution < 1.29 is 4.74 Å². The number of aryl methyl sites for hydroxylation is 1. The predicted octanol–water partition coefficient (Wildman–Crippen LogP) is 3.25. The number of benzene rings is 1. The van der Waals surface area contributed by atoms with E-state index in [1.807, 2.05) is 49.1 Å². The molecule has 0 radical (unpaired) electrons. The first-order chi connectivity index (χ1) is 12.0. The van der Waals surface area contributed by atoms with Gasteiger partial charge in [-0.05, 0) is 18.1 Å². The zero-order valence-corrected chi connectivity index (χ0v) is 18.6. The second-order valence-corrected chi connectivity index (χ2v) is 6.36. The van der Waals surface area contributed by atoms with E-state index in [1.165, 1.54) is 5.56 Å². The highest BCUT2D eigenvalue weighted by molar-refractivity contribution is 14.0. The van der Waals surface area contributed by atoms with Crippen molar-refractivity contribution in [2.45, 2.75) is 26.3 Å². The summed E-state index contributed by atoms with van der Waals surface area (Å²) in [5.41, 5.74) is 2.36. The molecule has 6 nitrogen and oxygen atoms in total. The van der Waals surface area contributed by atoms with Crippen LogP contribution in [-0.4, -0.2) is 47.9 Å². The van der Waals surface area contributed by atoms with Crippen molar-refractivity contribution in [1.82, 2.24) is 20.0 Å². The van der Waals surface area contributed by atoms with Crippen molar-refractivity contribution in [2.24, 2.45) is 12.0 Å². The Morgan fingerprint density at radius 3 is 2.62 bits per heavy atom. The molecule has 0 saturated carbocycles. The van der Waals surface area contributed by atoms with Crippen LogP contribution in [0.25, 0.3) is 0 Å². The molecule has 2 aromatic rings. The Morgan fingerprint density at radius 2 is 2.00 bits per heavy atom. The number of nitrogens with one attached hydrogen (secondary N) is 1. The molecule has 1 heterocycles. The first kappa shape index (κ1) is 22.3. The summed E-state index contributed by atoms with van der Waals surface area (Å²) in [6.45, 7) is 6.37. The van der Waals surface area contributed by atoms with Crippen molar-refractivity contribution in [2.75, 3.05) is 27.2 Å². The summed E-state index contributed by atoms with van der Waals surface area (Å²) in [6.07, 6.45) is 2.08. The molecule has 0 amide bonds. The van der Waals surface area contributed by atoms with Gasteiger partial charge in [-0.25, -0.2) is 0 Å². The quantitative estimate of drug-likeness (QED) is 0.292. The summed E-state index contributed by atoms with van der Waals surface area (Å²) in [7, 11) is 5.79. The number of aliphatic imine (C=N–C) groups is 1. The van der Waals surface area contributed by atoms with E-state index in [-0.39, 0.29) is 24.0 Å². The minimum absolute atomic E-state index is 0. The van der Waals surface area contributed by atoms with E-state index in [9.17, 15) is 0 Å². The molecule has 1 N–H and O–H groups in total. The largest absolute Gasteiger partial charge is 0.492 e. The monoisotopic (exact) mass is 471 g/mol. The van der Waals surface area contributed by atoms with E-state index in [0.717, 1.165) is 23.9 Å². The Kier molecular flexibility index (Phi) is 9.47. The van der Waals surface area contributed by atoms with E-state index in [4.69, 9.17) is 4.74 Å². The van der Waals surface area contributed by atoms with Crippen LogP contribution in [0.15, 0.2) is 41.5 Å². The average Bonchev–Trinajstić information content (AvgIpc) is 2.96. The summed E-state index contributed by atoms with van der Waals surface area (Å²) >= 11 is 0. The van der Waals surface area contributed by atoms with Crippen molar-refractivity contribution in [1.29, 1.82) is 0 Å². The topological polar surface area (TPSA) is 54.7 Å². The molecular formula is C19H30IN5O. The number of para-hydroxylation sites is 1. The highest BCUT2D eigenvalue weighted by atomic mass is 127. The maximum absolute atomic E-state index is 5.70. The molecule has 0 bridgehead atoms. The van der Waals surface area contributed by atoms with Gasteiger partial charge >= 0.3 is 0 Å². The van der Waals surface area contributed by atoms with Crippen LogP contribution in [0.5, 0.6) is 5.75 Å². The zero-order chi connectivity index (χ0) is 18.2. The van der Waals surface area contributed by atoms with Crippen molar-refractivity contribution in [3.63, 3.8) is 0 Å². The fraction of sp³-hybridized carbons (Fsp3) is 0.474. The Morgan fingerprint density at radius 1 is 1.31 bits per heavy atom. The van der Waals surface area contributed by atoms with Crippen LogP contribution in [0.4, 0.5) is 0 Å². The van der Waals surface area contributed by atoms with Gasteiger partial charge in [-0.15, -0.1) is 24.0 Å². The molecule has 0 aliphatic heterocycles. The average molecular weight is 471 g/mol. The molecule has 144 valence electrons. The molecule has 0 fully saturated rings. The van der Waals surface area contributed by atoms with Crippen molar-refractivity contribution in [3.8, 4) is 5.75 Å². The van der Waals surface area contributed by atoms with Gasteiger partial charge in [0, 0.05) is 39.4 Å². The van der Waals surface area contributed by atoms with Crippen molar-refractivity contribution >= 4 is 29.9 Å². The predicted molar refractivity (Wildman–Crippen MR) is 117 cm³/mol. The van der Waals surface area contributed by atoms with E-state index < -0.39 is 0 Å². The lowest BCUT2D eigenvalue weighted by molar-refractivity contribution is 0.319. The lowest BCUT2D eigenvalue weighted by atomic mass is 10.1. The SMILES string of the molecule is CN=C(NCCOc1ccccc1)N(C)Cc1cn(C)nc1C(C)C.I. The summed E-state index contributed by atoms with van der Waals surface area (Å²) in [4.78, 5) is 6.46. The van der Waals surface area contributed by atoms with Crippen molar-refractivity contribution in [3.05, 3.63) is 47.8 Å². The van der Waals surface area contributed by atoms with Gasteiger partial charge in [0.1, 0.15) is 12.4 Å². The standard InChI is InChI=1S/C19H29N5O.HI/c1-15(2)18-16(14-24(5)22-18)13-23(4)19(20-3)21-11-12-25-17-9-7-6-8-10-17;/h6-10,14-15H,11-13H2,1-5H3,(H,20,21);1H. The van der Waals surface area contributed by atoms with Gasteiger partial charge in [-0.1, -0.05) is 32.0 Å². The molecule has 0 aliphatic rings. The number of hydrogen-bond donors (Lipinski definition) is 1. The van der Waals surface area contributed by atoms with Gasteiger partial charge in [0.25, 0.3) is 0 Å². The summed E-state index contributed by atoms with van der Waals surface area (Å²) < 4.78 is 7.58. The van der Waals surface area contributed by atoms with E-state index in [2.05, 4.69) is 40.4 Å². The Hall–Kier alpha value is -1.77. The lowest BCUT2D eigenvalue weighted by Gasteiger charge is -2.22. The first-order valence-electron chi connectivity index (χ1n) is 8.63. The molecule has 0 spiro atoms. The molecule has 0 unspecified atom stereocenters. The molecular weight excluding hydrogens is 441 g/mol. The zero-order valence-electron chi connectivity index (χ0n) is 16.3. The number of nitrogens with zero attached hydrogens (tertiary/aromatic N) is 4. The fourth-order valence-electron chi connectivity index (χ4n) is 2.73. The van der Waals surface area contributed by atoms with E-state index >= 15 is 0 Å².